The van der Waals surface area contributed by atoms with E-state index in [4.69, 9.17) is 23.2 Å². The summed E-state index contributed by atoms with van der Waals surface area (Å²) in [5.41, 5.74) is -0.495. The van der Waals surface area contributed by atoms with Crippen molar-refractivity contribution in [2.24, 2.45) is 0 Å². The molecule has 0 aliphatic rings. The van der Waals surface area contributed by atoms with Gasteiger partial charge in [-0.05, 0) is 11.6 Å². The van der Waals surface area contributed by atoms with Crippen LogP contribution >= 0.6 is 23.2 Å². The van der Waals surface area contributed by atoms with Crippen molar-refractivity contribution in [3.8, 4) is 0 Å². The van der Waals surface area contributed by atoms with E-state index >= 15 is 0 Å². The quantitative estimate of drug-likeness (QED) is 0.331. The van der Waals surface area contributed by atoms with E-state index in [-0.39, 0.29) is 16.4 Å². The highest BCUT2D eigenvalue weighted by atomic mass is 35.5. The molecule has 0 unspecified atom stereocenters. The molecule has 1 rings (SSSR count). The fourth-order valence-electron chi connectivity index (χ4n) is 0.675. The van der Waals surface area contributed by atoms with Crippen LogP contribution < -0.4 is 0 Å². The minimum absolute atomic E-state index is 0.148. The normalized spacial score (nSPS) is 9.69. The molecule has 0 aliphatic heterocycles. The van der Waals surface area contributed by atoms with Crippen LogP contribution in [0, 0.1) is 10.1 Å². The maximum absolute atomic E-state index is 10.7. The van der Waals surface area contributed by atoms with Crippen LogP contribution in [0.25, 0.3) is 0 Å². The number of nitrogens with zero attached hydrogens (tertiary/aromatic N) is 2. The zero-order valence-electron chi connectivity index (χ0n) is 6.03. The second-order valence-corrected chi connectivity index (χ2v) is 2.76. The lowest BCUT2D eigenvalue weighted by atomic mass is 10.3. The Bertz CT molecular complexity index is 380. The predicted molar refractivity (Wildman–Crippen MR) is 46.1 cm³/mol. The van der Waals surface area contributed by atoms with Gasteiger partial charge in [-0.25, -0.2) is 4.98 Å². The summed E-state index contributed by atoms with van der Waals surface area (Å²) in [6.45, 7) is 0. The summed E-state index contributed by atoms with van der Waals surface area (Å²) in [5, 5.41) is 9.23. The third-order valence-corrected chi connectivity index (χ3v) is 1.75. The smallest absolute Gasteiger partial charge is 0.275 e. The minimum Gasteiger partial charge on any atom is -0.275 e. The van der Waals surface area contributed by atoms with Gasteiger partial charge in [-0.3, -0.25) is 14.9 Å². The molecule has 68 valence electrons. The average Bonchev–Trinajstić information content (AvgIpc) is 2.04. The van der Waals surface area contributed by atoms with Crippen LogP contribution in [-0.4, -0.2) is 15.1 Å². The summed E-state index contributed by atoms with van der Waals surface area (Å²) in [6, 6.07) is 0.977. The van der Waals surface area contributed by atoms with Crippen molar-refractivity contribution >= 4 is 34.1 Å². The van der Waals surface area contributed by atoms with Gasteiger partial charge in [0.15, 0.2) is 0 Å². The number of rotatable bonds is 2. The summed E-state index contributed by atoms with van der Waals surface area (Å²) in [5.74, 6) is 0. The largest absolute Gasteiger partial charge is 0.288 e. The van der Waals surface area contributed by atoms with Gasteiger partial charge in [0.2, 0.25) is 0 Å². The lowest BCUT2D eigenvalue weighted by Gasteiger charge is -1.96. The minimum atomic E-state index is -0.874. The number of nitro groups is 1. The van der Waals surface area contributed by atoms with Crippen molar-refractivity contribution < 1.29 is 9.72 Å². The summed E-state index contributed by atoms with van der Waals surface area (Å²) in [4.78, 5) is 23.7. The molecule has 1 aromatic heterocycles. The third-order valence-electron chi connectivity index (χ3n) is 1.25. The molecule has 0 N–H and O–H groups in total. The highest BCUT2D eigenvalue weighted by Crippen LogP contribution is 2.20. The van der Waals surface area contributed by atoms with E-state index in [2.05, 4.69) is 4.98 Å². The molecule has 1 heterocycles. The molecule has 13 heavy (non-hydrogen) atoms. The maximum atomic E-state index is 10.7. The van der Waals surface area contributed by atoms with Gasteiger partial charge in [0.1, 0.15) is 11.3 Å². The monoisotopic (exact) mass is 220 g/mol. The van der Waals surface area contributed by atoms with Gasteiger partial charge in [-0.15, -0.1) is 0 Å². The Hall–Kier alpha value is -1.20. The van der Waals surface area contributed by atoms with Gasteiger partial charge < -0.3 is 0 Å². The molecule has 0 atom stereocenters. The molecular weight excluding hydrogens is 219 g/mol. The van der Waals surface area contributed by atoms with Crippen molar-refractivity contribution in [1.82, 2.24) is 4.98 Å². The van der Waals surface area contributed by atoms with Crippen LogP contribution in [-0.2, 0) is 0 Å². The fraction of sp³-hybridized carbons (Fsp3) is 0. The van der Waals surface area contributed by atoms with Crippen molar-refractivity contribution in [3.05, 3.63) is 33.1 Å². The van der Waals surface area contributed by atoms with Crippen LogP contribution in [0.3, 0.4) is 0 Å². The number of carbonyl (C=O) groups is 1. The first kappa shape index (κ1) is 9.88. The summed E-state index contributed by atoms with van der Waals surface area (Å²) in [7, 11) is 0. The second kappa shape index (κ2) is 3.68. The van der Waals surface area contributed by atoms with E-state index in [1.165, 1.54) is 0 Å². The first-order valence-electron chi connectivity index (χ1n) is 3.02. The molecule has 0 amide bonds. The van der Waals surface area contributed by atoms with E-state index in [0.717, 1.165) is 12.3 Å². The number of hydrogen-bond acceptors (Lipinski definition) is 4. The lowest BCUT2D eigenvalue weighted by Crippen LogP contribution is -1.96. The predicted octanol–water partition coefficient (Wildman–Crippen LogP) is 2.02. The number of carbonyl (C=O) groups excluding carboxylic acids is 1. The zero-order chi connectivity index (χ0) is 10.0. The van der Waals surface area contributed by atoms with E-state index < -0.39 is 10.2 Å². The van der Waals surface area contributed by atoms with Gasteiger partial charge in [0.25, 0.3) is 10.9 Å². The molecule has 0 saturated heterocycles. The highest BCUT2D eigenvalue weighted by Gasteiger charge is 2.14. The van der Waals surface area contributed by atoms with Gasteiger partial charge in [-0.1, -0.05) is 11.6 Å². The van der Waals surface area contributed by atoms with Gasteiger partial charge in [0, 0.05) is 6.07 Å². The summed E-state index contributed by atoms with van der Waals surface area (Å²) >= 11 is 10.6. The Morgan fingerprint density at radius 3 is 2.69 bits per heavy atom. The molecule has 0 radical (unpaired) electrons. The van der Waals surface area contributed by atoms with Crippen molar-refractivity contribution in [2.75, 3.05) is 0 Å². The van der Waals surface area contributed by atoms with Gasteiger partial charge >= 0.3 is 0 Å². The van der Waals surface area contributed by atoms with Crippen molar-refractivity contribution in [1.29, 1.82) is 0 Å². The molecule has 5 nitrogen and oxygen atoms in total. The van der Waals surface area contributed by atoms with Crippen LogP contribution in [0.15, 0.2) is 12.3 Å². The van der Waals surface area contributed by atoms with E-state index in [1.54, 1.807) is 0 Å². The number of hydrogen-bond donors (Lipinski definition) is 0. The molecule has 7 heteroatoms. The molecular formula is C6H2Cl2N2O3. The Labute approximate surface area is 82.4 Å². The molecule has 0 aromatic carbocycles. The zero-order valence-corrected chi connectivity index (χ0v) is 7.54. The van der Waals surface area contributed by atoms with Gasteiger partial charge in [-0.2, -0.15) is 0 Å². The van der Waals surface area contributed by atoms with E-state index in [0.29, 0.717) is 0 Å². The van der Waals surface area contributed by atoms with Crippen LogP contribution in [0.1, 0.15) is 10.4 Å². The van der Waals surface area contributed by atoms with E-state index in [1.807, 2.05) is 0 Å². The van der Waals surface area contributed by atoms with Crippen LogP contribution in [0.4, 0.5) is 5.69 Å². The Kier molecular flexibility index (Phi) is 2.79. The van der Waals surface area contributed by atoms with Crippen molar-refractivity contribution in [3.63, 3.8) is 0 Å². The standard InChI is InChI=1S/C6H2Cl2N2O3/c7-5-4(6(8)11)1-3(2-9-5)10(12)13/h1-2H. The molecule has 1 aromatic rings. The fourth-order valence-corrected chi connectivity index (χ4v) is 1.06. The maximum Gasteiger partial charge on any atom is 0.288 e. The summed E-state index contributed by atoms with van der Waals surface area (Å²) < 4.78 is 0. The summed E-state index contributed by atoms with van der Waals surface area (Å²) in [6.07, 6.45) is 0.950. The molecule has 0 saturated carbocycles. The van der Waals surface area contributed by atoms with Crippen molar-refractivity contribution in [2.45, 2.75) is 0 Å². The van der Waals surface area contributed by atoms with Crippen LogP contribution in [0.2, 0.25) is 5.15 Å². The number of halogens is 2. The average molecular weight is 221 g/mol. The SMILES string of the molecule is O=C(Cl)c1cc([N+](=O)[O-])cnc1Cl. The number of aromatic nitrogens is 1. The second-order valence-electron chi connectivity index (χ2n) is 2.06. The molecule has 0 spiro atoms. The van der Waals surface area contributed by atoms with Crippen LogP contribution in [0.5, 0.6) is 0 Å². The molecule has 0 bridgehead atoms. The van der Waals surface area contributed by atoms with E-state index in [9.17, 15) is 14.9 Å². The first-order valence-corrected chi connectivity index (χ1v) is 3.77. The third kappa shape index (κ3) is 2.13. The lowest BCUT2D eigenvalue weighted by molar-refractivity contribution is -0.385. The number of pyridine rings is 1. The van der Waals surface area contributed by atoms with Gasteiger partial charge in [0.05, 0.1) is 10.5 Å². The highest BCUT2D eigenvalue weighted by molar-refractivity contribution is 6.68. The Morgan fingerprint density at radius 2 is 2.23 bits per heavy atom. The topological polar surface area (TPSA) is 73.1 Å². The molecule has 0 aliphatic carbocycles. The first-order chi connectivity index (χ1) is 6.02. The Morgan fingerprint density at radius 1 is 1.62 bits per heavy atom. The molecule has 0 fully saturated rings. The Balaban J connectivity index is 3.27.